The molecule has 0 bridgehead atoms. The van der Waals surface area contributed by atoms with Gasteiger partial charge in [0.15, 0.2) is 0 Å². The van der Waals surface area contributed by atoms with Gasteiger partial charge in [0.1, 0.15) is 11.8 Å². The standard InChI is InChI=1S/C22H27N3O5S/c1-30-18-8-6-16-7-9-19(14-17(16)13-18)31(28,29)23-20-5-4-12-25(22(20)27)15-21(26)24-10-2-3-11-24/h6-9,13-14,20,23H,2-5,10-12,15H2,1H3/t20-/m0/s1. The molecule has 2 aliphatic heterocycles. The molecule has 8 nitrogen and oxygen atoms in total. The van der Waals surface area contributed by atoms with Crippen molar-refractivity contribution in [1.82, 2.24) is 14.5 Å². The second-order valence-electron chi connectivity index (χ2n) is 8.04. The number of carbonyl (C=O) groups is 2. The number of hydrogen-bond donors (Lipinski definition) is 1. The topological polar surface area (TPSA) is 96.0 Å². The molecule has 4 rings (SSSR count). The summed E-state index contributed by atoms with van der Waals surface area (Å²) in [5.74, 6) is 0.221. The molecular weight excluding hydrogens is 418 g/mol. The fourth-order valence-electron chi connectivity index (χ4n) is 4.19. The minimum atomic E-state index is -3.91. The molecule has 0 spiro atoms. The molecule has 31 heavy (non-hydrogen) atoms. The number of piperidine rings is 1. The number of benzene rings is 2. The largest absolute Gasteiger partial charge is 0.497 e. The van der Waals surface area contributed by atoms with Crippen LogP contribution in [0.25, 0.3) is 10.8 Å². The van der Waals surface area contributed by atoms with Gasteiger partial charge < -0.3 is 14.5 Å². The van der Waals surface area contributed by atoms with Gasteiger partial charge in [0.05, 0.1) is 18.6 Å². The van der Waals surface area contributed by atoms with Crippen LogP contribution in [0.5, 0.6) is 5.75 Å². The Morgan fingerprint density at radius 3 is 2.55 bits per heavy atom. The van der Waals surface area contributed by atoms with Crippen LogP contribution in [0.3, 0.4) is 0 Å². The van der Waals surface area contributed by atoms with Crippen molar-refractivity contribution in [1.29, 1.82) is 0 Å². The van der Waals surface area contributed by atoms with Crippen LogP contribution in [0.2, 0.25) is 0 Å². The van der Waals surface area contributed by atoms with Crippen LogP contribution in [-0.4, -0.2) is 69.4 Å². The van der Waals surface area contributed by atoms with Crippen LogP contribution in [0.15, 0.2) is 41.3 Å². The van der Waals surface area contributed by atoms with E-state index >= 15 is 0 Å². The second kappa shape index (κ2) is 8.84. The summed E-state index contributed by atoms with van der Waals surface area (Å²) in [5.41, 5.74) is 0. The highest BCUT2D eigenvalue weighted by molar-refractivity contribution is 7.89. The Kier molecular flexibility index (Phi) is 6.15. The zero-order chi connectivity index (χ0) is 22.0. The van der Waals surface area contributed by atoms with Gasteiger partial charge in [-0.05, 0) is 60.7 Å². The third kappa shape index (κ3) is 4.67. The molecule has 0 aliphatic carbocycles. The van der Waals surface area contributed by atoms with Crippen molar-refractivity contribution in [3.63, 3.8) is 0 Å². The monoisotopic (exact) mass is 445 g/mol. The summed E-state index contributed by atoms with van der Waals surface area (Å²) in [6.07, 6.45) is 3.02. The zero-order valence-electron chi connectivity index (χ0n) is 17.5. The number of nitrogens with zero attached hydrogens (tertiary/aromatic N) is 2. The molecule has 0 unspecified atom stereocenters. The van der Waals surface area contributed by atoms with Gasteiger partial charge in [-0.2, -0.15) is 4.72 Å². The first-order valence-corrected chi connectivity index (χ1v) is 12.0. The number of methoxy groups -OCH3 is 1. The highest BCUT2D eigenvalue weighted by Gasteiger charge is 2.34. The molecular formula is C22H27N3O5S. The number of ether oxygens (including phenoxy) is 1. The average molecular weight is 446 g/mol. The van der Waals surface area contributed by atoms with Gasteiger partial charge in [0, 0.05) is 19.6 Å². The van der Waals surface area contributed by atoms with Crippen LogP contribution < -0.4 is 9.46 Å². The van der Waals surface area contributed by atoms with E-state index in [1.807, 2.05) is 12.1 Å². The molecule has 2 saturated heterocycles. The Labute approximate surface area is 182 Å². The summed E-state index contributed by atoms with van der Waals surface area (Å²) in [6, 6.07) is 9.40. The van der Waals surface area contributed by atoms with E-state index in [0.29, 0.717) is 25.1 Å². The Morgan fingerprint density at radius 1 is 1.06 bits per heavy atom. The van der Waals surface area contributed by atoms with Crippen molar-refractivity contribution in [3.8, 4) is 5.75 Å². The van der Waals surface area contributed by atoms with E-state index in [-0.39, 0.29) is 23.3 Å². The minimum Gasteiger partial charge on any atom is -0.497 e. The predicted octanol–water partition coefficient (Wildman–Crippen LogP) is 1.74. The zero-order valence-corrected chi connectivity index (χ0v) is 18.4. The normalized spacial score (nSPS) is 19.8. The summed E-state index contributed by atoms with van der Waals surface area (Å²) in [7, 11) is -2.35. The van der Waals surface area contributed by atoms with Gasteiger partial charge in [-0.1, -0.05) is 12.1 Å². The smallest absolute Gasteiger partial charge is 0.242 e. The molecule has 9 heteroatoms. The first kappa shape index (κ1) is 21.6. The Balaban J connectivity index is 1.48. The van der Waals surface area contributed by atoms with E-state index in [1.165, 1.54) is 11.0 Å². The summed E-state index contributed by atoms with van der Waals surface area (Å²) in [5, 5.41) is 1.62. The molecule has 2 aromatic carbocycles. The number of rotatable bonds is 6. The van der Waals surface area contributed by atoms with Crippen LogP contribution in [0.1, 0.15) is 25.7 Å². The third-order valence-electron chi connectivity index (χ3n) is 5.94. The molecule has 2 fully saturated rings. The molecule has 0 aromatic heterocycles. The highest BCUT2D eigenvalue weighted by atomic mass is 32.2. The van der Waals surface area contributed by atoms with Crippen molar-refractivity contribution in [2.45, 2.75) is 36.6 Å². The number of hydrogen-bond acceptors (Lipinski definition) is 5. The highest BCUT2D eigenvalue weighted by Crippen LogP contribution is 2.24. The van der Waals surface area contributed by atoms with Crippen molar-refractivity contribution < 1.29 is 22.7 Å². The first-order chi connectivity index (χ1) is 14.9. The fraction of sp³-hybridized carbons (Fsp3) is 0.455. The van der Waals surface area contributed by atoms with Crippen molar-refractivity contribution in [3.05, 3.63) is 36.4 Å². The molecule has 2 amide bonds. The van der Waals surface area contributed by atoms with Crippen molar-refractivity contribution >= 4 is 32.6 Å². The summed E-state index contributed by atoms with van der Waals surface area (Å²) in [4.78, 5) is 28.7. The van der Waals surface area contributed by atoms with Gasteiger partial charge in [-0.3, -0.25) is 9.59 Å². The van der Waals surface area contributed by atoms with E-state index in [0.717, 1.165) is 36.7 Å². The summed E-state index contributed by atoms with van der Waals surface area (Å²) >= 11 is 0. The van der Waals surface area contributed by atoms with Gasteiger partial charge in [0.2, 0.25) is 21.8 Å². The molecule has 0 radical (unpaired) electrons. The minimum absolute atomic E-state index is 0.00678. The van der Waals surface area contributed by atoms with E-state index in [4.69, 9.17) is 4.74 Å². The maximum atomic E-state index is 13.0. The van der Waals surface area contributed by atoms with Crippen molar-refractivity contribution in [2.24, 2.45) is 0 Å². The van der Waals surface area contributed by atoms with Crippen LogP contribution in [0.4, 0.5) is 0 Å². The number of nitrogens with one attached hydrogen (secondary N) is 1. The lowest BCUT2D eigenvalue weighted by Gasteiger charge is -2.33. The number of amides is 2. The lowest BCUT2D eigenvalue weighted by Crippen LogP contribution is -2.54. The molecule has 0 saturated carbocycles. The number of sulfonamides is 1. The first-order valence-electron chi connectivity index (χ1n) is 10.5. The van der Waals surface area contributed by atoms with Gasteiger partial charge >= 0.3 is 0 Å². The predicted molar refractivity (Wildman–Crippen MR) is 116 cm³/mol. The van der Waals surface area contributed by atoms with Gasteiger partial charge in [-0.15, -0.1) is 0 Å². The summed E-state index contributed by atoms with van der Waals surface area (Å²) in [6.45, 7) is 1.92. The average Bonchev–Trinajstić information content (AvgIpc) is 3.30. The number of fused-ring (bicyclic) bond motifs is 1. The molecule has 1 N–H and O–H groups in total. The lowest BCUT2D eigenvalue weighted by molar-refractivity contribution is -0.142. The van der Waals surface area contributed by atoms with Gasteiger partial charge in [-0.25, -0.2) is 8.42 Å². The van der Waals surface area contributed by atoms with E-state index in [1.54, 1.807) is 30.2 Å². The lowest BCUT2D eigenvalue weighted by atomic mass is 10.1. The SMILES string of the molecule is COc1ccc2ccc(S(=O)(=O)N[C@H]3CCCN(CC(=O)N4CCCC4)C3=O)cc2c1. The van der Waals surface area contributed by atoms with E-state index in [2.05, 4.69) is 4.72 Å². The third-order valence-corrected chi connectivity index (χ3v) is 7.41. The van der Waals surface area contributed by atoms with Gasteiger partial charge in [0.25, 0.3) is 0 Å². The van der Waals surface area contributed by atoms with E-state index < -0.39 is 16.1 Å². The summed E-state index contributed by atoms with van der Waals surface area (Å²) < 4.78 is 33.8. The van der Waals surface area contributed by atoms with Crippen molar-refractivity contribution in [2.75, 3.05) is 33.3 Å². The Morgan fingerprint density at radius 2 is 1.81 bits per heavy atom. The Bertz CT molecular complexity index is 1100. The molecule has 1 atom stereocenters. The Hall–Kier alpha value is -2.65. The molecule has 2 heterocycles. The van der Waals surface area contributed by atoms with Crippen LogP contribution in [0, 0.1) is 0 Å². The van der Waals surface area contributed by atoms with Crippen LogP contribution in [-0.2, 0) is 19.6 Å². The quantitative estimate of drug-likeness (QED) is 0.731. The fourth-order valence-corrected chi connectivity index (χ4v) is 5.45. The van der Waals surface area contributed by atoms with E-state index in [9.17, 15) is 18.0 Å². The molecule has 2 aromatic rings. The maximum absolute atomic E-state index is 13.0. The second-order valence-corrected chi connectivity index (χ2v) is 9.75. The maximum Gasteiger partial charge on any atom is 0.242 e. The molecule has 166 valence electrons. The van der Waals surface area contributed by atoms with Crippen LogP contribution >= 0.6 is 0 Å². The number of carbonyl (C=O) groups excluding carboxylic acids is 2. The number of likely N-dealkylation sites (tertiary alicyclic amines) is 2. The molecule has 2 aliphatic rings.